The van der Waals surface area contributed by atoms with Gasteiger partial charge >= 0.3 is 0 Å². The van der Waals surface area contributed by atoms with Crippen molar-refractivity contribution in [2.45, 2.75) is 55.7 Å². The van der Waals surface area contributed by atoms with Gasteiger partial charge in [-0.1, -0.05) is 42.5 Å². The number of primary sulfonamides is 1. The van der Waals surface area contributed by atoms with Crippen LogP contribution in [-0.2, 0) is 32.5 Å². The lowest BCUT2D eigenvalue weighted by Crippen LogP contribution is -2.39. The number of nitrogens with two attached hydrogens (primary N) is 2. The zero-order chi connectivity index (χ0) is 26.1. The van der Waals surface area contributed by atoms with Gasteiger partial charge in [-0.25, -0.2) is 17.9 Å². The van der Waals surface area contributed by atoms with Gasteiger partial charge in [-0.15, -0.1) is 0 Å². The SMILES string of the molecule is CC(F)(CC[C@H](C[C@@H](O)[CH]Cc1ccccc1)C(=O)NCCc1ccc(S(N)(=O)=O)cc1)C(N)=O. The van der Waals surface area contributed by atoms with Crippen LogP contribution in [0.3, 0.4) is 0 Å². The highest BCUT2D eigenvalue weighted by Crippen LogP contribution is 2.24. The maximum atomic E-state index is 14.4. The Morgan fingerprint density at radius 1 is 1.11 bits per heavy atom. The van der Waals surface area contributed by atoms with Crippen LogP contribution in [0.15, 0.2) is 59.5 Å². The van der Waals surface area contributed by atoms with Crippen LogP contribution in [0.2, 0.25) is 0 Å². The summed E-state index contributed by atoms with van der Waals surface area (Å²) in [4.78, 5) is 24.2. The Bertz CT molecular complexity index is 1080. The van der Waals surface area contributed by atoms with E-state index in [1.54, 1.807) is 18.6 Å². The number of carbonyl (C=O) groups excluding carboxylic acids is 2. The fraction of sp³-hybridized carbons (Fsp3) is 0.400. The monoisotopic (exact) mass is 506 g/mol. The van der Waals surface area contributed by atoms with Crippen molar-refractivity contribution < 1.29 is 27.5 Å². The molecular formula is C25H33FN3O5S. The summed E-state index contributed by atoms with van der Waals surface area (Å²) >= 11 is 0. The summed E-state index contributed by atoms with van der Waals surface area (Å²) in [5, 5.41) is 18.3. The van der Waals surface area contributed by atoms with Crippen LogP contribution < -0.4 is 16.2 Å². The van der Waals surface area contributed by atoms with E-state index >= 15 is 0 Å². The minimum Gasteiger partial charge on any atom is -0.393 e. The first-order chi connectivity index (χ1) is 16.4. The van der Waals surface area contributed by atoms with Gasteiger partial charge in [-0.2, -0.15) is 0 Å². The second-order valence-electron chi connectivity index (χ2n) is 8.76. The van der Waals surface area contributed by atoms with Crippen LogP contribution in [0.4, 0.5) is 4.39 Å². The third kappa shape index (κ3) is 9.75. The molecule has 6 N–H and O–H groups in total. The van der Waals surface area contributed by atoms with Gasteiger partial charge in [0.05, 0.1) is 11.0 Å². The lowest BCUT2D eigenvalue weighted by atomic mass is 9.88. The quantitative estimate of drug-likeness (QED) is 0.308. The highest BCUT2D eigenvalue weighted by Gasteiger charge is 2.33. The number of rotatable bonds is 14. The number of hydrogen-bond donors (Lipinski definition) is 4. The Morgan fingerprint density at radius 2 is 1.74 bits per heavy atom. The summed E-state index contributed by atoms with van der Waals surface area (Å²) in [6, 6.07) is 15.5. The van der Waals surface area contributed by atoms with Crippen LogP contribution in [0.5, 0.6) is 0 Å². The molecule has 0 aliphatic carbocycles. The van der Waals surface area contributed by atoms with Gasteiger partial charge < -0.3 is 16.2 Å². The molecule has 1 radical (unpaired) electrons. The summed E-state index contributed by atoms with van der Waals surface area (Å²) in [5.41, 5.74) is 4.64. The van der Waals surface area contributed by atoms with E-state index in [2.05, 4.69) is 5.32 Å². The third-order valence-electron chi connectivity index (χ3n) is 5.81. The van der Waals surface area contributed by atoms with Crippen molar-refractivity contribution in [1.82, 2.24) is 5.32 Å². The van der Waals surface area contributed by atoms with Crippen LogP contribution in [0.1, 0.15) is 37.3 Å². The summed E-state index contributed by atoms with van der Waals surface area (Å²) in [5.74, 6) is -2.22. The number of aliphatic hydroxyl groups is 1. The molecule has 3 atom stereocenters. The van der Waals surface area contributed by atoms with Crippen LogP contribution in [-0.4, -0.2) is 43.7 Å². The third-order valence-corrected chi connectivity index (χ3v) is 6.74. The molecule has 0 heterocycles. The number of alkyl halides is 1. The topological polar surface area (TPSA) is 153 Å². The van der Waals surface area contributed by atoms with E-state index < -0.39 is 33.6 Å². The number of halogens is 1. The van der Waals surface area contributed by atoms with Crippen LogP contribution in [0.25, 0.3) is 0 Å². The predicted octanol–water partition coefficient (Wildman–Crippen LogP) is 1.80. The molecule has 0 saturated heterocycles. The van der Waals surface area contributed by atoms with Crippen molar-refractivity contribution in [3.05, 3.63) is 72.1 Å². The molecule has 8 nitrogen and oxygen atoms in total. The average Bonchev–Trinajstić information content (AvgIpc) is 2.80. The second kappa shape index (κ2) is 12.8. The highest BCUT2D eigenvalue weighted by molar-refractivity contribution is 7.89. The van der Waals surface area contributed by atoms with Crippen molar-refractivity contribution in [2.24, 2.45) is 16.8 Å². The normalized spacial score (nSPS) is 15.1. The fourth-order valence-electron chi connectivity index (χ4n) is 3.52. The lowest BCUT2D eigenvalue weighted by Gasteiger charge is -2.23. The van der Waals surface area contributed by atoms with Crippen molar-refractivity contribution in [1.29, 1.82) is 0 Å². The molecule has 1 unspecified atom stereocenters. The van der Waals surface area contributed by atoms with E-state index in [1.807, 2.05) is 30.3 Å². The molecule has 0 aliphatic rings. The standard InChI is InChI=1S/C25H33FN3O5S/c1-25(26,24(27)32)15-13-20(17-21(30)10-7-18-5-3-2-4-6-18)23(31)29-16-14-19-8-11-22(12-9-19)35(28,33)34/h2-6,8-12,20-21,30H,7,13-17H2,1H3,(H2,27,32)(H,29,31)(H2,28,33,34)/t20-,21+,25?/m1/s1. The Kier molecular flexibility index (Phi) is 10.4. The molecule has 0 fully saturated rings. The van der Waals surface area contributed by atoms with Gasteiger partial charge in [0.25, 0.3) is 5.91 Å². The second-order valence-corrected chi connectivity index (χ2v) is 10.3. The number of nitrogens with one attached hydrogen (secondary N) is 1. The maximum Gasteiger partial charge on any atom is 0.254 e. The average molecular weight is 507 g/mol. The molecule has 0 bridgehead atoms. The van der Waals surface area contributed by atoms with Gasteiger partial charge in [-0.3, -0.25) is 9.59 Å². The van der Waals surface area contributed by atoms with Crippen molar-refractivity contribution in [2.75, 3.05) is 6.54 Å². The summed E-state index contributed by atoms with van der Waals surface area (Å²) in [7, 11) is -3.78. The molecule has 2 rings (SSSR count). The number of carbonyl (C=O) groups is 2. The first-order valence-corrected chi connectivity index (χ1v) is 12.9. The zero-order valence-electron chi connectivity index (χ0n) is 19.7. The minimum absolute atomic E-state index is 0.00480. The molecule has 2 aromatic carbocycles. The number of amides is 2. The molecule has 2 aromatic rings. The largest absolute Gasteiger partial charge is 0.393 e. The van der Waals surface area contributed by atoms with E-state index in [9.17, 15) is 27.5 Å². The molecule has 0 spiro atoms. The predicted molar refractivity (Wildman–Crippen MR) is 131 cm³/mol. The number of sulfonamides is 1. The Balaban J connectivity index is 1.95. The fourth-order valence-corrected chi connectivity index (χ4v) is 4.03. The van der Waals surface area contributed by atoms with E-state index in [1.165, 1.54) is 12.1 Å². The summed E-state index contributed by atoms with van der Waals surface area (Å²) in [6.07, 6.45) is 1.56. The lowest BCUT2D eigenvalue weighted by molar-refractivity contribution is -0.131. The van der Waals surface area contributed by atoms with Crippen LogP contribution in [0, 0.1) is 12.3 Å². The van der Waals surface area contributed by atoms with E-state index in [-0.39, 0.29) is 36.6 Å². The molecule has 0 saturated carbocycles. The van der Waals surface area contributed by atoms with E-state index in [0.717, 1.165) is 18.1 Å². The Labute approximate surface area is 206 Å². The van der Waals surface area contributed by atoms with Gasteiger partial charge in [0.15, 0.2) is 5.67 Å². The Morgan fingerprint density at radius 3 is 2.31 bits per heavy atom. The maximum absolute atomic E-state index is 14.4. The van der Waals surface area contributed by atoms with Gasteiger partial charge in [0.2, 0.25) is 15.9 Å². The minimum atomic E-state index is -3.78. The first kappa shape index (κ1) is 28.4. The van der Waals surface area contributed by atoms with Gasteiger partial charge in [0.1, 0.15) is 0 Å². The molecule has 0 aromatic heterocycles. The highest BCUT2D eigenvalue weighted by atomic mass is 32.2. The van der Waals surface area contributed by atoms with Gasteiger partial charge in [0, 0.05) is 12.5 Å². The molecule has 0 aliphatic heterocycles. The number of aliphatic hydroxyl groups excluding tert-OH is 1. The van der Waals surface area contributed by atoms with Crippen molar-refractivity contribution in [3.8, 4) is 0 Å². The van der Waals surface area contributed by atoms with E-state index in [4.69, 9.17) is 10.9 Å². The zero-order valence-corrected chi connectivity index (χ0v) is 20.5. The summed E-state index contributed by atoms with van der Waals surface area (Å²) < 4.78 is 37.1. The molecule has 191 valence electrons. The first-order valence-electron chi connectivity index (χ1n) is 11.3. The molecule has 10 heteroatoms. The smallest absolute Gasteiger partial charge is 0.254 e. The van der Waals surface area contributed by atoms with Crippen LogP contribution >= 0.6 is 0 Å². The molecule has 35 heavy (non-hydrogen) atoms. The van der Waals surface area contributed by atoms with Crippen molar-refractivity contribution >= 4 is 21.8 Å². The summed E-state index contributed by atoms with van der Waals surface area (Å²) in [6.45, 7) is 1.32. The number of benzene rings is 2. The van der Waals surface area contributed by atoms with Crippen molar-refractivity contribution in [3.63, 3.8) is 0 Å². The number of hydrogen-bond acceptors (Lipinski definition) is 5. The molecule has 2 amide bonds. The van der Waals surface area contributed by atoms with Gasteiger partial charge in [-0.05, 0) is 68.7 Å². The molecular weight excluding hydrogens is 473 g/mol. The van der Waals surface area contributed by atoms with E-state index in [0.29, 0.717) is 12.8 Å². The number of primary amides is 1. The Hall–Kier alpha value is -2.82.